The molecule has 2 aliphatic rings. The molecule has 0 radical (unpaired) electrons. The van der Waals surface area contributed by atoms with E-state index in [2.05, 4.69) is 0 Å². The Labute approximate surface area is 89.3 Å². The Morgan fingerprint density at radius 2 is 1.93 bits per heavy atom. The minimum absolute atomic E-state index is 0.0125. The van der Waals surface area contributed by atoms with E-state index in [-0.39, 0.29) is 23.8 Å². The van der Waals surface area contributed by atoms with Gasteiger partial charge in [-0.1, -0.05) is 12.8 Å². The lowest BCUT2D eigenvalue weighted by atomic mass is 9.84. The van der Waals surface area contributed by atoms with Crippen LogP contribution >= 0.6 is 0 Å². The number of carbonyl (C=O) groups is 2. The molecule has 0 unspecified atom stereocenters. The van der Waals surface area contributed by atoms with Gasteiger partial charge in [0.25, 0.3) is 0 Å². The third-order valence-corrected chi connectivity index (χ3v) is 3.59. The molecule has 0 atom stereocenters. The third kappa shape index (κ3) is 1.67. The van der Waals surface area contributed by atoms with Crippen molar-refractivity contribution < 1.29 is 14.7 Å². The van der Waals surface area contributed by atoms with Gasteiger partial charge in [0.05, 0.1) is 5.41 Å². The van der Waals surface area contributed by atoms with E-state index < -0.39 is 0 Å². The van der Waals surface area contributed by atoms with Gasteiger partial charge in [0, 0.05) is 19.6 Å². The van der Waals surface area contributed by atoms with Crippen LogP contribution in [0.25, 0.3) is 0 Å². The molecule has 2 fully saturated rings. The molecule has 0 aromatic carbocycles. The molecule has 4 nitrogen and oxygen atoms in total. The van der Waals surface area contributed by atoms with Crippen molar-refractivity contribution in [2.75, 3.05) is 13.2 Å². The minimum atomic E-state index is -0.355. The summed E-state index contributed by atoms with van der Waals surface area (Å²) in [5.41, 5.74) is -0.355. The standard InChI is InChI=1S/C11H17NO3/c13-7-3-6-12-9(14)8-11(10(12)15)4-1-2-5-11/h13H,1-8H2. The first-order chi connectivity index (χ1) is 7.19. The first-order valence-corrected chi connectivity index (χ1v) is 5.65. The van der Waals surface area contributed by atoms with Crippen molar-refractivity contribution in [1.82, 2.24) is 4.90 Å². The van der Waals surface area contributed by atoms with Crippen molar-refractivity contribution in [1.29, 1.82) is 0 Å². The van der Waals surface area contributed by atoms with Crippen LogP contribution in [0.4, 0.5) is 0 Å². The summed E-state index contributed by atoms with van der Waals surface area (Å²) in [7, 11) is 0. The molecule has 0 aromatic heterocycles. The number of aliphatic hydroxyl groups excluding tert-OH is 1. The lowest BCUT2D eigenvalue weighted by Crippen LogP contribution is -2.35. The van der Waals surface area contributed by atoms with E-state index >= 15 is 0 Å². The highest BCUT2D eigenvalue weighted by Crippen LogP contribution is 2.46. The van der Waals surface area contributed by atoms with Crippen LogP contribution in [-0.4, -0.2) is 35.0 Å². The number of nitrogens with zero attached hydrogens (tertiary/aromatic N) is 1. The van der Waals surface area contributed by atoms with E-state index in [0.717, 1.165) is 25.7 Å². The van der Waals surface area contributed by atoms with Crippen molar-refractivity contribution in [3.8, 4) is 0 Å². The Hall–Kier alpha value is -0.900. The quantitative estimate of drug-likeness (QED) is 0.699. The number of aliphatic hydroxyl groups is 1. The second-order valence-corrected chi connectivity index (χ2v) is 4.59. The molecule has 84 valence electrons. The smallest absolute Gasteiger partial charge is 0.235 e. The topological polar surface area (TPSA) is 57.6 Å². The maximum absolute atomic E-state index is 12.1. The van der Waals surface area contributed by atoms with Crippen LogP contribution in [0.5, 0.6) is 0 Å². The Bertz CT molecular complexity index is 282. The maximum Gasteiger partial charge on any atom is 0.235 e. The number of imide groups is 1. The summed E-state index contributed by atoms with van der Waals surface area (Å²) in [6.45, 7) is 0.417. The molecule has 1 spiro atoms. The number of hydrogen-bond acceptors (Lipinski definition) is 3. The van der Waals surface area contributed by atoms with Gasteiger partial charge in [-0.05, 0) is 19.3 Å². The van der Waals surface area contributed by atoms with Crippen LogP contribution in [0, 0.1) is 5.41 Å². The highest BCUT2D eigenvalue weighted by atomic mass is 16.3. The highest BCUT2D eigenvalue weighted by Gasteiger charge is 2.52. The monoisotopic (exact) mass is 211 g/mol. The first-order valence-electron chi connectivity index (χ1n) is 5.65. The predicted octanol–water partition coefficient (Wildman–Crippen LogP) is 0.688. The Kier molecular flexibility index (Phi) is 2.78. The van der Waals surface area contributed by atoms with Gasteiger partial charge in [-0.2, -0.15) is 0 Å². The van der Waals surface area contributed by atoms with Gasteiger partial charge < -0.3 is 5.11 Å². The van der Waals surface area contributed by atoms with Gasteiger partial charge in [-0.25, -0.2) is 0 Å². The summed E-state index contributed by atoms with van der Waals surface area (Å²) in [5.74, 6) is -0.0335. The van der Waals surface area contributed by atoms with E-state index in [4.69, 9.17) is 5.11 Å². The molecular weight excluding hydrogens is 194 g/mol. The lowest BCUT2D eigenvalue weighted by Gasteiger charge is -2.20. The van der Waals surface area contributed by atoms with Gasteiger partial charge in [0.1, 0.15) is 0 Å². The fourth-order valence-electron chi connectivity index (χ4n) is 2.76. The summed E-state index contributed by atoms with van der Waals surface area (Å²) in [6, 6.07) is 0. The van der Waals surface area contributed by atoms with E-state index in [1.54, 1.807) is 0 Å². The molecule has 1 saturated heterocycles. The summed E-state index contributed by atoms with van der Waals surface area (Å²) >= 11 is 0. The van der Waals surface area contributed by atoms with Gasteiger partial charge in [-0.15, -0.1) is 0 Å². The van der Waals surface area contributed by atoms with Gasteiger partial charge in [0.15, 0.2) is 0 Å². The van der Waals surface area contributed by atoms with Crippen LogP contribution in [0.15, 0.2) is 0 Å². The molecular formula is C11H17NO3. The predicted molar refractivity (Wildman–Crippen MR) is 53.9 cm³/mol. The van der Waals surface area contributed by atoms with Crippen molar-refractivity contribution in [2.24, 2.45) is 5.41 Å². The summed E-state index contributed by atoms with van der Waals surface area (Å²) in [5, 5.41) is 8.71. The fourth-order valence-corrected chi connectivity index (χ4v) is 2.76. The van der Waals surface area contributed by atoms with Crippen LogP contribution in [0.2, 0.25) is 0 Å². The van der Waals surface area contributed by atoms with Gasteiger partial charge in [0.2, 0.25) is 11.8 Å². The van der Waals surface area contributed by atoms with Gasteiger partial charge in [-0.3, -0.25) is 14.5 Å². The Morgan fingerprint density at radius 1 is 1.27 bits per heavy atom. The molecule has 1 saturated carbocycles. The van der Waals surface area contributed by atoms with E-state index in [1.165, 1.54) is 4.90 Å². The van der Waals surface area contributed by atoms with Crippen molar-refractivity contribution in [3.05, 3.63) is 0 Å². The molecule has 2 rings (SSSR count). The molecule has 2 amide bonds. The number of likely N-dealkylation sites (tertiary alicyclic amines) is 1. The zero-order chi connectivity index (χ0) is 10.9. The second kappa shape index (κ2) is 3.93. The van der Waals surface area contributed by atoms with Crippen molar-refractivity contribution in [2.45, 2.75) is 38.5 Å². The minimum Gasteiger partial charge on any atom is -0.396 e. The number of amides is 2. The summed E-state index contributed by atoms with van der Waals surface area (Å²) < 4.78 is 0. The number of carbonyl (C=O) groups excluding carboxylic acids is 2. The van der Waals surface area contributed by atoms with E-state index in [1.807, 2.05) is 0 Å². The highest BCUT2D eigenvalue weighted by molar-refractivity contribution is 6.06. The molecule has 1 aliphatic carbocycles. The zero-order valence-corrected chi connectivity index (χ0v) is 8.87. The van der Waals surface area contributed by atoms with Crippen molar-refractivity contribution in [3.63, 3.8) is 0 Å². The fraction of sp³-hybridized carbons (Fsp3) is 0.818. The molecule has 1 heterocycles. The number of hydrogen-bond donors (Lipinski definition) is 1. The normalized spacial score (nSPS) is 24.5. The Balaban J connectivity index is 2.08. The molecule has 1 N–H and O–H groups in total. The maximum atomic E-state index is 12.1. The third-order valence-electron chi connectivity index (χ3n) is 3.59. The molecule has 4 heteroatoms. The second-order valence-electron chi connectivity index (χ2n) is 4.59. The molecule has 15 heavy (non-hydrogen) atoms. The van der Waals surface area contributed by atoms with Gasteiger partial charge >= 0.3 is 0 Å². The molecule has 0 bridgehead atoms. The zero-order valence-electron chi connectivity index (χ0n) is 8.87. The first kappa shape index (κ1) is 10.6. The lowest BCUT2D eigenvalue weighted by molar-refractivity contribution is -0.141. The van der Waals surface area contributed by atoms with Crippen LogP contribution < -0.4 is 0 Å². The largest absolute Gasteiger partial charge is 0.396 e. The van der Waals surface area contributed by atoms with Crippen LogP contribution in [0.1, 0.15) is 38.5 Å². The summed E-state index contributed by atoms with van der Waals surface area (Å²) in [6.07, 6.45) is 4.75. The average molecular weight is 211 g/mol. The Morgan fingerprint density at radius 3 is 2.53 bits per heavy atom. The van der Waals surface area contributed by atoms with Crippen molar-refractivity contribution >= 4 is 11.8 Å². The SMILES string of the molecule is O=C1CC2(CCCC2)C(=O)N1CCCO. The van der Waals surface area contributed by atoms with E-state index in [0.29, 0.717) is 19.4 Å². The van der Waals surface area contributed by atoms with Crippen LogP contribution in [0.3, 0.4) is 0 Å². The molecule has 0 aromatic rings. The summed E-state index contributed by atoms with van der Waals surface area (Å²) in [4.78, 5) is 25.1. The van der Waals surface area contributed by atoms with E-state index in [9.17, 15) is 9.59 Å². The molecule has 1 aliphatic heterocycles. The average Bonchev–Trinajstić information content (AvgIpc) is 2.75. The number of rotatable bonds is 3. The van der Waals surface area contributed by atoms with Crippen LogP contribution in [-0.2, 0) is 9.59 Å².